The second kappa shape index (κ2) is 68.0. The lowest BCUT2D eigenvalue weighted by atomic mass is 10.1. The standard InChI is InChI=1S/C75H134O17P2/c1-5-9-13-17-21-25-29-31-33-34-36-38-42-44-48-52-56-60-73(78)86-66-71(92-75(80)62-58-54-50-46-40-28-24-20-16-12-8-4)68-90-94(83,84)88-64-69(76)63-87-93(81,82)89-67-70(91-74(79)61-57-53-49-45-39-27-23-19-15-11-7-3)65-85-72(77)59-55-51-47-43-41-37-35-32-30-26-22-18-14-10-6-2/h9,13,20-22,24-26,31-33,35,69-71,76H,5-8,10-12,14-19,23,27-30,34,36-68H2,1-4H3,(H,81,82)(H,83,84)/b13-9-,24-20-,25-21-,26-22-,33-31-,35-32-. The average molecular weight is 1370 g/mol. The molecule has 0 aliphatic carbocycles. The minimum atomic E-state index is -4.97. The summed E-state index contributed by atoms with van der Waals surface area (Å²) >= 11 is 0. The predicted molar refractivity (Wildman–Crippen MR) is 381 cm³/mol. The van der Waals surface area contributed by atoms with E-state index in [2.05, 4.69) is 101 Å². The molecule has 546 valence electrons. The highest BCUT2D eigenvalue weighted by Crippen LogP contribution is 2.45. The molecule has 0 amide bonds. The third kappa shape index (κ3) is 67.1. The SMILES string of the molecule is CC/C=C\C/C=C\C/C=C\CCCCCCCCCC(=O)OCC(COP(=O)(O)OCC(O)COP(=O)(O)OCC(COC(=O)CCCCCCC/C=C\C/C=C\CCCCC)OC(=O)CCCCCCCCCCCCC)OC(=O)CCCCCCC/C=C\CCCC. The fraction of sp³-hybridized carbons (Fsp3) is 0.787. The molecule has 19 heteroatoms. The number of ether oxygens (including phenoxy) is 4. The quantitative estimate of drug-likeness (QED) is 0.0169. The highest BCUT2D eigenvalue weighted by Gasteiger charge is 2.30. The lowest BCUT2D eigenvalue weighted by Crippen LogP contribution is -2.30. The molecular formula is C75H134O17P2. The number of aliphatic hydroxyl groups is 1. The molecule has 0 spiro atoms. The average Bonchev–Trinajstić information content (AvgIpc) is 1.32. The van der Waals surface area contributed by atoms with Crippen molar-refractivity contribution in [3.05, 3.63) is 72.9 Å². The maximum atomic E-state index is 13.0. The Kier molecular flexibility index (Phi) is 65.5. The number of esters is 4. The van der Waals surface area contributed by atoms with E-state index < -0.39 is 97.5 Å². The minimum Gasteiger partial charge on any atom is -0.462 e. The molecule has 0 aliphatic heterocycles. The zero-order chi connectivity index (χ0) is 69.0. The molecule has 0 aliphatic rings. The summed E-state index contributed by atoms with van der Waals surface area (Å²) in [4.78, 5) is 72.6. The lowest BCUT2D eigenvalue weighted by Gasteiger charge is -2.21. The number of unbranched alkanes of at least 4 members (excludes halogenated alkanes) is 32. The molecular weight excluding hydrogens is 1230 g/mol. The van der Waals surface area contributed by atoms with Gasteiger partial charge in [-0.3, -0.25) is 37.3 Å². The number of carbonyl (C=O) groups is 4. The molecule has 0 bridgehead atoms. The van der Waals surface area contributed by atoms with Gasteiger partial charge in [-0.05, 0) is 109 Å². The summed E-state index contributed by atoms with van der Waals surface area (Å²) in [5.74, 6) is -2.19. The number of phosphoric ester groups is 2. The number of allylic oxidation sites excluding steroid dienone is 12. The third-order valence-corrected chi connectivity index (χ3v) is 17.6. The van der Waals surface area contributed by atoms with Crippen LogP contribution in [0.25, 0.3) is 0 Å². The second-order valence-corrected chi connectivity index (χ2v) is 27.8. The van der Waals surface area contributed by atoms with Gasteiger partial charge in [-0.25, -0.2) is 9.13 Å². The van der Waals surface area contributed by atoms with Crippen LogP contribution in [0.2, 0.25) is 0 Å². The van der Waals surface area contributed by atoms with Crippen LogP contribution in [0.4, 0.5) is 0 Å². The van der Waals surface area contributed by atoms with Crippen LogP contribution in [-0.2, 0) is 65.4 Å². The molecule has 5 unspecified atom stereocenters. The zero-order valence-electron chi connectivity index (χ0n) is 59.4. The van der Waals surface area contributed by atoms with Gasteiger partial charge in [0.2, 0.25) is 0 Å². The van der Waals surface area contributed by atoms with Crippen molar-refractivity contribution < 1.29 is 80.2 Å². The smallest absolute Gasteiger partial charge is 0.462 e. The Hall–Kier alpha value is -3.50. The molecule has 0 fully saturated rings. The van der Waals surface area contributed by atoms with Crippen molar-refractivity contribution in [3.63, 3.8) is 0 Å². The molecule has 0 saturated heterocycles. The number of hydrogen-bond donors (Lipinski definition) is 3. The minimum absolute atomic E-state index is 0.0842. The van der Waals surface area contributed by atoms with Crippen LogP contribution in [0.3, 0.4) is 0 Å². The maximum Gasteiger partial charge on any atom is 0.472 e. The van der Waals surface area contributed by atoms with E-state index in [4.69, 9.17) is 37.0 Å². The van der Waals surface area contributed by atoms with E-state index in [-0.39, 0.29) is 25.7 Å². The van der Waals surface area contributed by atoms with Crippen molar-refractivity contribution in [2.75, 3.05) is 39.6 Å². The maximum absolute atomic E-state index is 13.0. The molecule has 17 nitrogen and oxygen atoms in total. The molecule has 0 rings (SSSR count). The van der Waals surface area contributed by atoms with Crippen LogP contribution in [0.5, 0.6) is 0 Å². The molecule has 0 aromatic heterocycles. The number of rotatable bonds is 70. The van der Waals surface area contributed by atoms with E-state index in [1.165, 1.54) is 70.6 Å². The van der Waals surface area contributed by atoms with Gasteiger partial charge in [0.05, 0.1) is 26.4 Å². The van der Waals surface area contributed by atoms with E-state index in [9.17, 15) is 43.2 Å². The van der Waals surface area contributed by atoms with Crippen LogP contribution < -0.4 is 0 Å². The predicted octanol–water partition coefficient (Wildman–Crippen LogP) is 20.9. The summed E-state index contributed by atoms with van der Waals surface area (Å²) in [6, 6.07) is 0. The summed E-state index contributed by atoms with van der Waals surface area (Å²) in [7, 11) is -9.93. The Morgan fingerprint density at radius 1 is 0.309 bits per heavy atom. The van der Waals surface area contributed by atoms with Gasteiger partial charge in [-0.15, -0.1) is 0 Å². The molecule has 94 heavy (non-hydrogen) atoms. The normalized spacial score (nSPS) is 14.4. The van der Waals surface area contributed by atoms with E-state index in [0.717, 1.165) is 173 Å². The summed E-state index contributed by atoms with van der Waals surface area (Å²) in [6.45, 7) is 4.68. The van der Waals surface area contributed by atoms with Crippen molar-refractivity contribution in [2.24, 2.45) is 0 Å². The van der Waals surface area contributed by atoms with Crippen molar-refractivity contribution in [3.8, 4) is 0 Å². The molecule has 0 aromatic carbocycles. The van der Waals surface area contributed by atoms with Crippen molar-refractivity contribution in [1.29, 1.82) is 0 Å². The van der Waals surface area contributed by atoms with E-state index in [1.807, 2.05) is 0 Å². The lowest BCUT2D eigenvalue weighted by molar-refractivity contribution is -0.161. The Morgan fingerprint density at radius 2 is 0.564 bits per heavy atom. The molecule has 0 aromatic rings. The first-order chi connectivity index (χ1) is 45.7. The van der Waals surface area contributed by atoms with Gasteiger partial charge in [0.15, 0.2) is 12.2 Å². The van der Waals surface area contributed by atoms with Crippen molar-refractivity contribution >= 4 is 39.5 Å². The van der Waals surface area contributed by atoms with Crippen LogP contribution in [-0.4, -0.2) is 96.7 Å². The van der Waals surface area contributed by atoms with Gasteiger partial charge < -0.3 is 33.8 Å². The number of phosphoric acid groups is 2. The van der Waals surface area contributed by atoms with Gasteiger partial charge in [0.25, 0.3) is 0 Å². The first-order valence-electron chi connectivity index (χ1n) is 37.2. The monoisotopic (exact) mass is 1370 g/mol. The van der Waals surface area contributed by atoms with Crippen LogP contribution in [0, 0.1) is 0 Å². The summed E-state index contributed by atoms with van der Waals surface area (Å²) < 4.78 is 68.3. The first kappa shape index (κ1) is 90.5. The van der Waals surface area contributed by atoms with Crippen LogP contribution in [0.1, 0.15) is 323 Å². The van der Waals surface area contributed by atoms with Crippen LogP contribution >= 0.6 is 15.6 Å². The van der Waals surface area contributed by atoms with Crippen LogP contribution in [0.15, 0.2) is 72.9 Å². The Bertz CT molecular complexity index is 2070. The molecule has 0 heterocycles. The first-order valence-corrected chi connectivity index (χ1v) is 40.2. The molecule has 5 atom stereocenters. The number of aliphatic hydroxyl groups excluding tert-OH is 1. The Labute approximate surface area is 571 Å². The van der Waals surface area contributed by atoms with E-state index in [1.54, 1.807) is 0 Å². The highest BCUT2D eigenvalue weighted by atomic mass is 31.2. The third-order valence-electron chi connectivity index (χ3n) is 15.7. The number of carbonyl (C=O) groups excluding carboxylic acids is 4. The molecule has 3 N–H and O–H groups in total. The topological polar surface area (TPSA) is 237 Å². The fourth-order valence-corrected chi connectivity index (χ4v) is 11.5. The summed E-state index contributed by atoms with van der Waals surface area (Å²) in [5.41, 5.74) is 0. The fourth-order valence-electron chi connectivity index (χ4n) is 9.95. The summed E-state index contributed by atoms with van der Waals surface area (Å²) in [5, 5.41) is 10.6. The molecule has 0 radical (unpaired) electrons. The number of hydrogen-bond acceptors (Lipinski definition) is 15. The van der Waals surface area contributed by atoms with E-state index in [0.29, 0.717) is 25.7 Å². The van der Waals surface area contributed by atoms with Gasteiger partial charge in [0, 0.05) is 25.7 Å². The van der Waals surface area contributed by atoms with Gasteiger partial charge in [0.1, 0.15) is 19.3 Å². The second-order valence-electron chi connectivity index (χ2n) is 24.9. The molecule has 0 saturated carbocycles. The van der Waals surface area contributed by atoms with Crippen molar-refractivity contribution in [2.45, 2.75) is 341 Å². The van der Waals surface area contributed by atoms with Gasteiger partial charge in [-0.2, -0.15) is 0 Å². The summed E-state index contributed by atoms with van der Waals surface area (Å²) in [6.07, 6.45) is 66.2. The Morgan fingerprint density at radius 3 is 0.915 bits per heavy atom. The van der Waals surface area contributed by atoms with Gasteiger partial charge in [-0.1, -0.05) is 261 Å². The zero-order valence-corrected chi connectivity index (χ0v) is 61.2. The highest BCUT2D eigenvalue weighted by molar-refractivity contribution is 7.47. The Balaban J connectivity index is 5.28. The van der Waals surface area contributed by atoms with Gasteiger partial charge >= 0.3 is 39.5 Å². The largest absolute Gasteiger partial charge is 0.472 e. The van der Waals surface area contributed by atoms with E-state index >= 15 is 0 Å². The van der Waals surface area contributed by atoms with Crippen molar-refractivity contribution in [1.82, 2.24) is 0 Å².